The van der Waals surface area contributed by atoms with E-state index in [9.17, 15) is 18.4 Å². The van der Waals surface area contributed by atoms with Gasteiger partial charge in [-0.25, -0.2) is 4.98 Å². The van der Waals surface area contributed by atoms with Gasteiger partial charge < -0.3 is 9.64 Å². The summed E-state index contributed by atoms with van der Waals surface area (Å²) in [4.78, 5) is 33.3. The number of amides is 1. The van der Waals surface area contributed by atoms with E-state index in [1.807, 2.05) is 24.3 Å². The first kappa shape index (κ1) is 23.0. The van der Waals surface area contributed by atoms with Gasteiger partial charge in [-0.3, -0.25) is 14.2 Å². The number of para-hydroxylation sites is 2. The minimum Gasteiger partial charge on any atom is -0.435 e. The van der Waals surface area contributed by atoms with Crippen LogP contribution in [0.4, 0.5) is 14.5 Å². The fourth-order valence-corrected chi connectivity index (χ4v) is 5.18. The molecule has 1 amide bonds. The van der Waals surface area contributed by atoms with E-state index in [1.54, 1.807) is 36.1 Å². The van der Waals surface area contributed by atoms with Crippen LogP contribution in [0.15, 0.2) is 82.7 Å². The van der Waals surface area contributed by atoms with Crippen LogP contribution < -0.4 is 15.2 Å². The molecule has 0 N–H and O–H groups in total. The molecule has 178 valence electrons. The Morgan fingerprint density at radius 1 is 1.03 bits per heavy atom. The van der Waals surface area contributed by atoms with Crippen molar-refractivity contribution in [3.05, 3.63) is 88.7 Å². The molecule has 2 heterocycles. The molecule has 1 unspecified atom stereocenters. The van der Waals surface area contributed by atoms with E-state index in [0.29, 0.717) is 28.3 Å². The average Bonchev–Trinajstić information content (AvgIpc) is 3.28. The normalized spacial score (nSPS) is 13.8. The van der Waals surface area contributed by atoms with Gasteiger partial charge in [-0.05, 0) is 61.4 Å². The Hall–Kier alpha value is -3.72. The van der Waals surface area contributed by atoms with E-state index < -0.39 is 11.9 Å². The molecule has 35 heavy (non-hydrogen) atoms. The molecule has 4 aromatic rings. The number of anilines is 1. The van der Waals surface area contributed by atoms with Crippen LogP contribution in [-0.2, 0) is 11.2 Å². The van der Waals surface area contributed by atoms with E-state index in [1.165, 1.54) is 40.6 Å². The second-order valence-corrected chi connectivity index (χ2v) is 9.36. The third-order valence-electron chi connectivity index (χ3n) is 5.85. The number of hydrogen-bond donors (Lipinski definition) is 0. The maximum Gasteiger partial charge on any atom is 0.387 e. The lowest BCUT2D eigenvalue weighted by Crippen LogP contribution is -2.35. The molecule has 0 fully saturated rings. The molecular weight excluding hydrogens is 472 g/mol. The summed E-state index contributed by atoms with van der Waals surface area (Å²) < 4.78 is 30.9. The minimum atomic E-state index is -2.94. The van der Waals surface area contributed by atoms with Crippen molar-refractivity contribution in [1.82, 2.24) is 9.55 Å². The third kappa shape index (κ3) is 4.51. The van der Waals surface area contributed by atoms with Gasteiger partial charge in [-0.2, -0.15) is 8.78 Å². The maximum absolute atomic E-state index is 13.4. The summed E-state index contributed by atoms with van der Waals surface area (Å²) in [7, 11) is 0. The minimum absolute atomic E-state index is 0.0176. The van der Waals surface area contributed by atoms with Gasteiger partial charge in [-0.1, -0.05) is 42.1 Å². The van der Waals surface area contributed by atoms with E-state index in [0.717, 1.165) is 17.7 Å². The number of fused-ring (bicyclic) bond motifs is 2. The van der Waals surface area contributed by atoms with Crippen molar-refractivity contribution in [3.8, 4) is 11.4 Å². The van der Waals surface area contributed by atoms with Crippen molar-refractivity contribution in [2.45, 2.75) is 30.4 Å². The zero-order chi connectivity index (χ0) is 24.5. The molecule has 0 saturated heterocycles. The Morgan fingerprint density at radius 3 is 2.51 bits per heavy atom. The number of carbonyl (C=O) groups is 1. The Kier molecular flexibility index (Phi) is 6.25. The smallest absolute Gasteiger partial charge is 0.387 e. The molecule has 0 saturated carbocycles. The van der Waals surface area contributed by atoms with Gasteiger partial charge in [-0.15, -0.1) is 0 Å². The van der Waals surface area contributed by atoms with Crippen molar-refractivity contribution >= 4 is 34.3 Å². The first-order valence-corrected chi connectivity index (χ1v) is 11.9. The van der Waals surface area contributed by atoms with Gasteiger partial charge in [0.2, 0.25) is 5.91 Å². The molecule has 0 aliphatic carbocycles. The SMILES string of the molecule is CC(Sc1nc2ccccc2c(=O)n1-c1ccc(OC(F)F)cc1)C(=O)N1CCc2ccccc21. The predicted octanol–water partition coefficient (Wildman–Crippen LogP) is 5.06. The lowest BCUT2D eigenvalue weighted by Gasteiger charge is -2.22. The molecule has 0 bridgehead atoms. The van der Waals surface area contributed by atoms with Crippen LogP contribution in [0.5, 0.6) is 5.75 Å². The van der Waals surface area contributed by atoms with Gasteiger partial charge in [0, 0.05) is 12.2 Å². The Morgan fingerprint density at radius 2 is 1.74 bits per heavy atom. The molecule has 3 aromatic carbocycles. The number of benzene rings is 3. The van der Waals surface area contributed by atoms with Gasteiger partial charge in [0.15, 0.2) is 5.16 Å². The molecule has 1 aromatic heterocycles. The second kappa shape index (κ2) is 9.50. The third-order valence-corrected chi connectivity index (χ3v) is 6.89. The molecule has 1 atom stereocenters. The van der Waals surface area contributed by atoms with E-state index in [2.05, 4.69) is 9.72 Å². The largest absolute Gasteiger partial charge is 0.435 e. The van der Waals surface area contributed by atoms with Gasteiger partial charge in [0.25, 0.3) is 5.56 Å². The van der Waals surface area contributed by atoms with Gasteiger partial charge in [0.1, 0.15) is 5.75 Å². The van der Waals surface area contributed by atoms with Crippen LogP contribution >= 0.6 is 11.8 Å². The molecule has 0 spiro atoms. The molecule has 9 heteroatoms. The van der Waals surface area contributed by atoms with Gasteiger partial charge in [0.05, 0.1) is 21.8 Å². The number of alkyl halides is 2. The number of rotatable bonds is 6. The summed E-state index contributed by atoms with van der Waals surface area (Å²) in [5.41, 5.74) is 2.67. The van der Waals surface area contributed by atoms with E-state index in [4.69, 9.17) is 0 Å². The summed E-state index contributed by atoms with van der Waals surface area (Å²) in [6.45, 7) is -0.550. The van der Waals surface area contributed by atoms with Crippen LogP contribution in [0, 0.1) is 0 Å². The maximum atomic E-state index is 13.4. The van der Waals surface area contributed by atoms with Crippen LogP contribution in [-0.4, -0.2) is 33.9 Å². The number of nitrogens with zero attached hydrogens (tertiary/aromatic N) is 3. The number of thioether (sulfide) groups is 1. The fraction of sp³-hybridized carbons (Fsp3) is 0.192. The van der Waals surface area contributed by atoms with Crippen LogP contribution in [0.3, 0.4) is 0 Å². The highest BCUT2D eigenvalue weighted by molar-refractivity contribution is 8.00. The van der Waals surface area contributed by atoms with Crippen molar-refractivity contribution < 1.29 is 18.3 Å². The summed E-state index contributed by atoms with van der Waals surface area (Å²) in [5.74, 6) is -0.0921. The summed E-state index contributed by atoms with van der Waals surface area (Å²) in [5, 5.41) is 0.226. The van der Waals surface area contributed by atoms with Crippen LogP contribution in [0.25, 0.3) is 16.6 Å². The molecule has 5 rings (SSSR count). The number of halogens is 2. The zero-order valence-electron chi connectivity index (χ0n) is 18.7. The highest BCUT2D eigenvalue weighted by atomic mass is 32.2. The number of aromatic nitrogens is 2. The van der Waals surface area contributed by atoms with Crippen molar-refractivity contribution in [1.29, 1.82) is 0 Å². The van der Waals surface area contributed by atoms with Gasteiger partial charge >= 0.3 is 6.61 Å². The molecular formula is C26H21F2N3O3S. The predicted molar refractivity (Wildman–Crippen MR) is 132 cm³/mol. The molecule has 0 radical (unpaired) electrons. The van der Waals surface area contributed by atoms with Crippen LogP contribution in [0.2, 0.25) is 0 Å². The van der Waals surface area contributed by atoms with Crippen molar-refractivity contribution in [3.63, 3.8) is 0 Å². The highest BCUT2D eigenvalue weighted by Gasteiger charge is 2.29. The first-order valence-electron chi connectivity index (χ1n) is 11.1. The number of ether oxygens (including phenoxy) is 1. The first-order chi connectivity index (χ1) is 16.9. The second-order valence-electron chi connectivity index (χ2n) is 8.05. The lowest BCUT2D eigenvalue weighted by atomic mass is 10.2. The standard InChI is InChI=1S/C26H21F2N3O3S/c1-16(23(32)30-15-14-17-6-2-5-9-22(17)30)35-26-29-21-8-4-3-7-20(21)24(33)31(26)18-10-12-19(13-11-18)34-25(27)28/h2-13,16,25H,14-15H2,1H3. The van der Waals surface area contributed by atoms with E-state index in [-0.39, 0.29) is 17.2 Å². The lowest BCUT2D eigenvalue weighted by molar-refractivity contribution is -0.117. The van der Waals surface area contributed by atoms with Crippen LogP contribution in [0.1, 0.15) is 12.5 Å². The monoisotopic (exact) mass is 493 g/mol. The van der Waals surface area contributed by atoms with E-state index >= 15 is 0 Å². The zero-order valence-corrected chi connectivity index (χ0v) is 19.5. The number of hydrogen-bond acceptors (Lipinski definition) is 5. The topological polar surface area (TPSA) is 64.4 Å². The summed E-state index contributed by atoms with van der Waals surface area (Å²) in [6.07, 6.45) is 0.797. The molecule has 6 nitrogen and oxygen atoms in total. The Bertz CT molecular complexity index is 1460. The van der Waals surface area contributed by atoms with Crippen molar-refractivity contribution in [2.24, 2.45) is 0 Å². The number of carbonyl (C=O) groups excluding carboxylic acids is 1. The quantitative estimate of drug-likeness (QED) is 0.278. The average molecular weight is 494 g/mol. The molecule has 1 aliphatic rings. The highest BCUT2D eigenvalue weighted by Crippen LogP contribution is 2.32. The fourth-order valence-electron chi connectivity index (χ4n) is 4.19. The Balaban J connectivity index is 1.52. The molecule has 1 aliphatic heterocycles. The summed E-state index contributed by atoms with van der Waals surface area (Å²) in [6, 6.07) is 20.6. The summed E-state index contributed by atoms with van der Waals surface area (Å²) >= 11 is 1.19. The Labute approximate surface area is 204 Å². The van der Waals surface area contributed by atoms with Crippen molar-refractivity contribution in [2.75, 3.05) is 11.4 Å².